The first-order valence-electron chi connectivity index (χ1n) is 5.46. The summed E-state index contributed by atoms with van der Waals surface area (Å²) in [5, 5.41) is 2.83. The number of carbonyl (C=O) groups is 1. The highest BCUT2D eigenvalue weighted by atomic mass is 16.1. The molecular weight excluding hydrogens is 202 g/mol. The molecule has 3 heteroatoms. The lowest BCUT2D eigenvalue weighted by Crippen LogP contribution is -2.30. The molecule has 0 aliphatic carbocycles. The molecular formula is C13H17NO2. The van der Waals surface area contributed by atoms with Gasteiger partial charge in [-0.2, -0.15) is 0 Å². The van der Waals surface area contributed by atoms with Crippen LogP contribution in [-0.4, -0.2) is 11.9 Å². The van der Waals surface area contributed by atoms with Crippen LogP contribution < -0.4 is 10.7 Å². The molecule has 0 atom stereocenters. The summed E-state index contributed by atoms with van der Waals surface area (Å²) in [4.78, 5) is 22.4. The monoisotopic (exact) mass is 219 g/mol. The normalized spacial score (nSPS) is 10.2. The highest BCUT2D eigenvalue weighted by Gasteiger charge is 2.02. The van der Waals surface area contributed by atoms with Crippen molar-refractivity contribution in [3.63, 3.8) is 0 Å². The number of amides is 1. The van der Waals surface area contributed by atoms with Gasteiger partial charge < -0.3 is 5.32 Å². The minimum Gasteiger partial charge on any atom is -0.354 e. The van der Waals surface area contributed by atoms with E-state index in [1.54, 1.807) is 12.1 Å². The van der Waals surface area contributed by atoms with Gasteiger partial charge in [-0.3, -0.25) is 9.59 Å². The van der Waals surface area contributed by atoms with E-state index in [0.29, 0.717) is 12.8 Å². The molecule has 0 saturated heterocycles. The van der Waals surface area contributed by atoms with Gasteiger partial charge >= 0.3 is 0 Å². The lowest BCUT2D eigenvalue weighted by atomic mass is 10.1. The molecule has 0 unspecified atom stereocenters. The van der Waals surface area contributed by atoms with Crippen LogP contribution in [0.25, 0.3) is 0 Å². The first-order valence-corrected chi connectivity index (χ1v) is 5.46. The van der Waals surface area contributed by atoms with Gasteiger partial charge in [0.1, 0.15) is 0 Å². The Labute approximate surface area is 95.5 Å². The number of aryl methyl sites for hydroxylation is 1. The maximum Gasteiger partial charge on any atom is 0.220 e. The molecule has 0 spiro atoms. The summed E-state index contributed by atoms with van der Waals surface area (Å²) < 4.78 is 0. The maximum absolute atomic E-state index is 11.4. The molecule has 3 nitrogen and oxygen atoms in total. The van der Waals surface area contributed by atoms with Gasteiger partial charge in [-0.15, -0.1) is 0 Å². The summed E-state index contributed by atoms with van der Waals surface area (Å²) >= 11 is 0. The van der Waals surface area contributed by atoms with E-state index in [-0.39, 0.29) is 17.4 Å². The van der Waals surface area contributed by atoms with Gasteiger partial charge in [-0.05, 0) is 38.0 Å². The molecule has 16 heavy (non-hydrogen) atoms. The molecule has 0 saturated carbocycles. The van der Waals surface area contributed by atoms with Crippen LogP contribution in [0.1, 0.15) is 25.8 Å². The van der Waals surface area contributed by atoms with E-state index < -0.39 is 0 Å². The number of hydrogen-bond donors (Lipinski definition) is 1. The van der Waals surface area contributed by atoms with E-state index in [1.165, 1.54) is 12.1 Å². The van der Waals surface area contributed by atoms with Gasteiger partial charge in [-0.1, -0.05) is 18.2 Å². The predicted octanol–water partition coefficient (Wildman–Crippen LogP) is 1.50. The van der Waals surface area contributed by atoms with Crippen molar-refractivity contribution in [2.24, 2.45) is 0 Å². The zero-order valence-corrected chi connectivity index (χ0v) is 9.69. The second-order valence-electron chi connectivity index (χ2n) is 4.06. The Hall–Kier alpha value is -1.64. The van der Waals surface area contributed by atoms with E-state index in [9.17, 15) is 9.59 Å². The van der Waals surface area contributed by atoms with Crippen LogP contribution in [0.4, 0.5) is 0 Å². The van der Waals surface area contributed by atoms with E-state index >= 15 is 0 Å². The van der Waals surface area contributed by atoms with Crippen LogP contribution in [0.15, 0.2) is 35.1 Å². The molecule has 0 aliphatic heterocycles. The van der Waals surface area contributed by atoms with Crippen LogP contribution in [0.5, 0.6) is 0 Å². The zero-order chi connectivity index (χ0) is 12.0. The van der Waals surface area contributed by atoms with Gasteiger partial charge in [0.2, 0.25) is 5.91 Å². The Kier molecular flexibility index (Phi) is 4.70. The molecule has 1 rings (SSSR count). The minimum absolute atomic E-state index is 0.0159. The average molecular weight is 219 g/mol. The van der Waals surface area contributed by atoms with Crippen LogP contribution >= 0.6 is 0 Å². The molecule has 86 valence electrons. The van der Waals surface area contributed by atoms with Crippen LogP contribution in [0.3, 0.4) is 0 Å². The third-order valence-electron chi connectivity index (χ3n) is 2.12. The molecule has 1 aromatic carbocycles. The second-order valence-corrected chi connectivity index (χ2v) is 4.06. The third kappa shape index (κ3) is 4.73. The second kappa shape index (κ2) is 6.05. The first-order chi connectivity index (χ1) is 7.58. The lowest BCUT2D eigenvalue weighted by molar-refractivity contribution is -0.121. The highest BCUT2D eigenvalue weighted by Crippen LogP contribution is 2.00. The SMILES string of the molecule is CC(C)NC(=O)CCc1cccc(=O)cc1. The summed E-state index contributed by atoms with van der Waals surface area (Å²) in [6, 6.07) is 8.56. The Bertz CT molecular complexity index is 413. The molecule has 0 radical (unpaired) electrons. The summed E-state index contributed by atoms with van der Waals surface area (Å²) in [7, 11) is 0. The van der Waals surface area contributed by atoms with Gasteiger partial charge in [0.15, 0.2) is 5.43 Å². The van der Waals surface area contributed by atoms with Crippen molar-refractivity contribution >= 4 is 5.91 Å². The number of carbonyl (C=O) groups excluding carboxylic acids is 1. The third-order valence-corrected chi connectivity index (χ3v) is 2.12. The van der Waals surface area contributed by atoms with Crippen molar-refractivity contribution < 1.29 is 4.79 Å². The summed E-state index contributed by atoms with van der Waals surface area (Å²) in [5.41, 5.74) is 0.985. The average Bonchev–Trinajstić information content (AvgIpc) is 2.39. The van der Waals surface area contributed by atoms with Crippen LogP contribution in [0, 0.1) is 0 Å². The van der Waals surface area contributed by atoms with Crippen molar-refractivity contribution in [2.75, 3.05) is 0 Å². The van der Waals surface area contributed by atoms with Gasteiger partial charge in [0.25, 0.3) is 0 Å². The fourth-order valence-electron chi connectivity index (χ4n) is 1.39. The van der Waals surface area contributed by atoms with E-state index in [0.717, 1.165) is 5.56 Å². The predicted molar refractivity (Wildman–Crippen MR) is 64.3 cm³/mol. The Morgan fingerprint density at radius 3 is 2.69 bits per heavy atom. The topological polar surface area (TPSA) is 46.2 Å². The van der Waals surface area contributed by atoms with Crippen molar-refractivity contribution in [1.29, 1.82) is 0 Å². The Morgan fingerprint density at radius 1 is 1.25 bits per heavy atom. The van der Waals surface area contributed by atoms with E-state index in [4.69, 9.17) is 0 Å². The minimum atomic E-state index is -0.0159. The van der Waals surface area contributed by atoms with Crippen molar-refractivity contribution in [2.45, 2.75) is 32.7 Å². The Morgan fingerprint density at radius 2 is 2.00 bits per heavy atom. The van der Waals surface area contributed by atoms with Crippen molar-refractivity contribution in [3.05, 3.63) is 46.1 Å². The molecule has 1 N–H and O–H groups in total. The molecule has 1 aromatic rings. The van der Waals surface area contributed by atoms with Gasteiger partial charge in [-0.25, -0.2) is 0 Å². The van der Waals surface area contributed by atoms with E-state index in [1.807, 2.05) is 19.9 Å². The van der Waals surface area contributed by atoms with E-state index in [2.05, 4.69) is 5.32 Å². The number of nitrogens with one attached hydrogen (secondary N) is 1. The smallest absolute Gasteiger partial charge is 0.220 e. The largest absolute Gasteiger partial charge is 0.354 e. The lowest BCUT2D eigenvalue weighted by Gasteiger charge is -2.07. The van der Waals surface area contributed by atoms with Gasteiger partial charge in [0.05, 0.1) is 0 Å². The first kappa shape index (κ1) is 12.4. The standard InChI is InChI=1S/C13H17NO2/c1-10(2)14-13(16)9-7-11-4-3-5-12(15)8-6-11/h3-6,8,10H,7,9H2,1-2H3,(H,14,16). The molecule has 1 amide bonds. The molecule has 0 fully saturated rings. The fourth-order valence-corrected chi connectivity index (χ4v) is 1.39. The molecule has 0 aromatic heterocycles. The van der Waals surface area contributed by atoms with Crippen LogP contribution in [0.2, 0.25) is 0 Å². The summed E-state index contributed by atoms with van der Waals surface area (Å²) in [6.45, 7) is 3.87. The fraction of sp³-hybridized carbons (Fsp3) is 0.385. The van der Waals surface area contributed by atoms with Crippen molar-refractivity contribution in [1.82, 2.24) is 5.32 Å². The number of hydrogen-bond acceptors (Lipinski definition) is 2. The summed E-state index contributed by atoms with van der Waals surface area (Å²) in [6.07, 6.45) is 1.11. The van der Waals surface area contributed by atoms with Crippen molar-refractivity contribution in [3.8, 4) is 0 Å². The highest BCUT2D eigenvalue weighted by molar-refractivity contribution is 5.76. The Balaban J connectivity index is 2.52. The maximum atomic E-state index is 11.4. The molecule has 0 heterocycles. The molecule has 0 bridgehead atoms. The van der Waals surface area contributed by atoms with Crippen LogP contribution in [-0.2, 0) is 11.2 Å². The van der Waals surface area contributed by atoms with Gasteiger partial charge in [0, 0.05) is 12.5 Å². The molecule has 0 aliphatic rings. The summed E-state index contributed by atoms with van der Waals surface area (Å²) in [5.74, 6) is 0.0452. The quantitative estimate of drug-likeness (QED) is 0.834. The zero-order valence-electron chi connectivity index (χ0n) is 9.69. The number of rotatable bonds is 4.